The average Bonchev–Trinajstić information content (AvgIpc) is 2.64. The summed E-state index contributed by atoms with van der Waals surface area (Å²) in [4.78, 5) is 16.9. The van der Waals surface area contributed by atoms with E-state index in [4.69, 9.17) is 11.6 Å². The molecular formula is C9H8ClN5O. The molecule has 0 saturated heterocycles. The summed E-state index contributed by atoms with van der Waals surface area (Å²) in [5, 5.41) is 11.6. The lowest BCUT2D eigenvalue weighted by atomic mass is 10.1. The molecule has 0 amide bonds. The molecule has 2 aromatic rings. The molecule has 2 aromatic heterocycles. The van der Waals surface area contributed by atoms with Crippen molar-refractivity contribution in [3.05, 3.63) is 34.9 Å². The fourth-order valence-corrected chi connectivity index (χ4v) is 1.39. The van der Waals surface area contributed by atoms with E-state index in [-0.39, 0.29) is 17.4 Å². The fraction of sp³-hybridized carbons (Fsp3) is 0.222. The standard InChI is InChI=1S/C9H8ClN5O/c1-15-13-9(12-14-15)5-7(16)6-2-3-11-8(10)4-6/h2-4H,5H2,1H3. The van der Waals surface area contributed by atoms with Crippen LogP contribution in [0.15, 0.2) is 18.3 Å². The van der Waals surface area contributed by atoms with Crippen molar-refractivity contribution in [1.29, 1.82) is 0 Å². The fourth-order valence-electron chi connectivity index (χ4n) is 1.22. The highest BCUT2D eigenvalue weighted by molar-refractivity contribution is 6.29. The molecule has 0 bridgehead atoms. The van der Waals surface area contributed by atoms with E-state index >= 15 is 0 Å². The van der Waals surface area contributed by atoms with E-state index in [2.05, 4.69) is 20.4 Å². The van der Waals surface area contributed by atoms with Gasteiger partial charge < -0.3 is 0 Å². The number of Topliss-reactive ketones (excluding diaryl/α,β-unsaturated/α-hetero) is 1. The van der Waals surface area contributed by atoms with Crippen LogP contribution in [0.5, 0.6) is 0 Å². The molecule has 0 unspecified atom stereocenters. The molecule has 2 rings (SSSR count). The lowest BCUT2D eigenvalue weighted by molar-refractivity contribution is 0.0990. The molecule has 0 radical (unpaired) electrons. The van der Waals surface area contributed by atoms with E-state index in [9.17, 15) is 4.79 Å². The Bertz CT molecular complexity index is 524. The van der Waals surface area contributed by atoms with Gasteiger partial charge in [0.1, 0.15) is 5.15 Å². The van der Waals surface area contributed by atoms with Crippen LogP contribution in [0.25, 0.3) is 0 Å². The van der Waals surface area contributed by atoms with Crippen LogP contribution in [0.1, 0.15) is 16.2 Å². The van der Waals surface area contributed by atoms with Crippen LogP contribution in [0.3, 0.4) is 0 Å². The quantitative estimate of drug-likeness (QED) is 0.580. The number of rotatable bonds is 3. The number of carbonyl (C=O) groups is 1. The molecule has 6 nitrogen and oxygen atoms in total. The third kappa shape index (κ3) is 2.40. The Labute approximate surface area is 96.3 Å². The first kappa shape index (κ1) is 10.7. The van der Waals surface area contributed by atoms with Gasteiger partial charge in [0.05, 0.1) is 13.5 Å². The predicted molar refractivity (Wildman–Crippen MR) is 56.1 cm³/mol. The van der Waals surface area contributed by atoms with Crippen LogP contribution in [0, 0.1) is 0 Å². The Morgan fingerprint density at radius 2 is 2.38 bits per heavy atom. The van der Waals surface area contributed by atoms with Crippen molar-refractivity contribution in [1.82, 2.24) is 25.2 Å². The molecule has 0 aliphatic heterocycles. The topological polar surface area (TPSA) is 73.6 Å². The number of ketones is 1. The van der Waals surface area contributed by atoms with Crippen molar-refractivity contribution in [2.24, 2.45) is 7.05 Å². The van der Waals surface area contributed by atoms with Crippen LogP contribution in [0.4, 0.5) is 0 Å². The Hall–Kier alpha value is -1.82. The van der Waals surface area contributed by atoms with Crippen molar-refractivity contribution < 1.29 is 4.79 Å². The molecule has 0 aromatic carbocycles. The summed E-state index contributed by atoms with van der Waals surface area (Å²) >= 11 is 5.68. The number of hydrogen-bond acceptors (Lipinski definition) is 5. The summed E-state index contributed by atoms with van der Waals surface area (Å²) in [5.41, 5.74) is 0.493. The molecule has 7 heteroatoms. The van der Waals surface area contributed by atoms with Gasteiger partial charge in [-0.25, -0.2) is 4.98 Å². The summed E-state index contributed by atoms with van der Waals surface area (Å²) in [5.74, 6) is 0.276. The molecule has 16 heavy (non-hydrogen) atoms. The Balaban J connectivity index is 2.14. The van der Waals surface area contributed by atoms with E-state index in [1.165, 1.54) is 17.1 Å². The molecule has 0 aliphatic rings. The summed E-state index contributed by atoms with van der Waals surface area (Å²) in [6.45, 7) is 0. The lowest BCUT2D eigenvalue weighted by Gasteiger charge is -1.97. The second kappa shape index (κ2) is 4.36. The summed E-state index contributed by atoms with van der Waals surface area (Å²) < 4.78 is 0. The number of hydrogen-bond donors (Lipinski definition) is 0. The highest BCUT2D eigenvalue weighted by Gasteiger charge is 2.11. The maximum absolute atomic E-state index is 11.8. The third-order valence-electron chi connectivity index (χ3n) is 1.92. The van der Waals surface area contributed by atoms with Gasteiger partial charge in [-0.1, -0.05) is 11.6 Å². The summed E-state index contributed by atoms with van der Waals surface area (Å²) in [6.07, 6.45) is 1.59. The zero-order valence-electron chi connectivity index (χ0n) is 8.46. The maximum atomic E-state index is 11.8. The van der Waals surface area contributed by atoms with E-state index in [0.29, 0.717) is 11.4 Å². The van der Waals surface area contributed by atoms with Gasteiger partial charge in [0.15, 0.2) is 11.6 Å². The van der Waals surface area contributed by atoms with E-state index in [1.54, 1.807) is 13.1 Å². The van der Waals surface area contributed by atoms with Gasteiger partial charge in [-0.15, -0.1) is 10.2 Å². The van der Waals surface area contributed by atoms with Crippen LogP contribution >= 0.6 is 11.6 Å². The van der Waals surface area contributed by atoms with Crippen molar-refractivity contribution >= 4 is 17.4 Å². The molecule has 0 saturated carbocycles. The minimum Gasteiger partial charge on any atom is -0.294 e. The maximum Gasteiger partial charge on any atom is 0.182 e. The lowest BCUT2D eigenvalue weighted by Crippen LogP contribution is -2.05. The zero-order valence-corrected chi connectivity index (χ0v) is 9.22. The van der Waals surface area contributed by atoms with Crippen molar-refractivity contribution in [3.63, 3.8) is 0 Å². The smallest absolute Gasteiger partial charge is 0.182 e. The Morgan fingerprint density at radius 3 is 3.00 bits per heavy atom. The minimum atomic E-state index is -0.114. The molecule has 0 spiro atoms. The number of carbonyl (C=O) groups excluding carboxylic acids is 1. The average molecular weight is 238 g/mol. The van der Waals surface area contributed by atoms with Crippen LogP contribution in [0.2, 0.25) is 5.15 Å². The number of aryl methyl sites for hydroxylation is 1. The second-order valence-electron chi connectivity index (χ2n) is 3.16. The molecule has 2 heterocycles. The third-order valence-corrected chi connectivity index (χ3v) is 2.12. The Morgan fingerprint density at radius 1 is 1.56 bits per heavy atom. The SMILES string of the molecule is Cn1nnc(CC(=O)c2ccnc(Cl)c2)n1. The number of halogens is 1. The van der Waals surface area contributed by atoms with Crippen molar-refractivity contribution in [2.45, 2.75) is 6.42 Å². The van der Waals surface area contributed by atoms with Gasteiger partial charge in [0.25, 0.3) is 0 Å². The van der Waals surface area contributed by atoms with Gasteiger partial charge in [-0.05, 0) is 17.3 Å². The highest BCUT2D eigenvalue weighted by Crippen LogP contribution is 2.09. The van der Waals surface area contributed by atoms with Gasteiger partial charge in [0, 0.05) is 11.8 Å². The number of tetrazole rings is 1. The first-order valence-electron chi connectivity index (χ1n) is 4.53. The van der Waals surface area contributed by atoms with Crippen molar-refractivity contribution in [3.8, 4) is 0 Å². The predicted octanol–water partition coefficient (Wildman–Crippen LogP) is 0.684. The first-order valence-corrected chi connectivity index (χ1v) is 4.90. The van der Waals surface area contributed by atoms with E-state index in [0.717, 1.165) is 0 Å². The van der Waals surface area contributed by atoms with Crippen LogP contribution < -0.4 is 0 Å². The number of aromatic nitrogens is 5. The molecule has 0 N–H and O–H groups in total. The molecular weight excluding hydrogens is 230 g/mol. The van der Waals surface area contributed by atoms with Crippen molar-refractivity contribution in [2.75, 3.05) is 0 Å². The summed E-state index contributed by atoms with van der Waals surface area (Å²) in [7, 11) is 1.64. The largest absolute Gasteiger partial charge is 0.294 e. The molecule has 0 aliphatic carbocycles. The number of pyridine rings is 1. The second-order valence-corrected chi connectivity index (χ2v) is 3.55. The monoisotopic (exact) mass is 237 g/mol. The molecule has 0 atom stereocenters. The molecule has 0 fully saturated rings. The van der Waals surface area contributed by atoms with Crippen LogP contribution in [-0.4, -0.2) is 31.0 Å². The van der Waals surface area contributed by atoms with Gasteiger partial charge in [-0.3, -0.25) is 4.79 Å². The van der Waals surface area contributed by atoms with Gasteiger partial charge in [0.2, 0.25) is 0 Å². The summed E-state index contributed by atoms with van der Waals surface area (Å²) in [6, 6.07) is 3.12. The number of nitrogens with zero attached hydrogens (tertiary/aromatic N) is 5. The zero-order chi connectivity index (χ0) is 11.5. The normalized spacial score (nSPS) is 10.4. The Kier molecular flexibility index (Phi) is 2.91. The first-order chi connectivity index (χ1) is 7.65. The van der Waals surface area contributed by atoms with Gasteiger partial charge in [-0.2, -0.15) is 4.80 Å². The van der Waals surface area contributed by atoms with E-state index in [1.807, 2.05) is 0 Å². The van der Waals surface area contributed by atoms with Gasteiger partial charge >= 0.3 is 0 Å². The molecule has 82 valence electrons. The highest BCUT2D eigenvalue weighted by atomic mass is 35.5. The van der Waals surface area contributed by atoms with E-state index < -0.39 is 0 Å². The minimum absolute atomic E-state index is 0.105. The van der Waals surface area contributed by atoms with Crippen LogP contribution in [-0.2, 0) is 13.5 Å².